The van der Waals surface area contributed by atoms with Crippen molar-refractivity contribution >= 4 is 11.0 Å². The number of hydrogen-bond donors (Lipinski definition) is 2. The quantitative estimate of drug-likeness (QED) is 0.758. The van der Waals surface area contributed by atoms with Gasteiger partial charge in [-0.15, -0.1) is 0 Å². The molecule has 0 fully saturated rings. The molecule has 2 rings (SSSR count). The second-order valence-corrected chi connectivity index (χ2v) is 3.63. The van der Waals surface area contributed by atoms with Gasteiger partial charge in [0, 0.05) is 17.4 Å². The topological polar surface area (TPSA) is 53.6 Å². The largest absolute Gasteiger partial charge is 0.461 e. The summed E-state index contributed by atoms with van der Waals surface area (Å²) in [6.45, 7) is 2.09. The molecule has 1 aromatic carbocycles. The lowest BCUT2D eigenvalue weighted by atomic mass is 10.1. The third-order valence-electron chi connectivity index (χ3n) is 2.39. The van der Waals surface area contributed by atoms with Crippen LogP contribution in [0.1, 0.15) is 31.0 Å². The van der Waals surface area contributed by atoms with E-state index in [4.69, 9.17) is 14.6 Å². The average molecular weight is 206 g/mol. The maximum absolute atomic E-state index is 9.02. The van der Waals surface area contributed by atoms with Crippen molar-refractivity contribution in [3.05, 3.63) is 35.6 Å². The SMILES string of the molecule is CCCc1cc2cc(C(O)O)ccc2o1. The highest BCUT2D eigenvalue weighted by atomic mass is 16.5. The van der Waals surface area contributed by atoms with Gasteiger partial charge < -0.3 is 14.6 Å². The number of rotatable bonds is 3. The molecule has 0 aliphatic carbocycles. The molecule has 3 nitrogen and oxygen atoms in total. The predicted octanol–water partition coefficient (Wildman–Crippen LogP) is 2.37. The zero-order valence-electron chi connectivity index (χ0n) is 8.60. The standard InChI is InChI=1S/C12H14O3/c1-2-3-10-7-9-6-8(12(13)14)4-5-11(9)15-10/h4-7,12-14H,2-3H2,1H3. The lowest BCUT2D eigenvalue weighted by molar-refractivity contribution is -0.0423. The Bertz CT molecular complexity index is 457. The molecule has 80 valence electrons. The molecule has 0 aliphatic rings. The van der Waals surface area contributed by atoms with Gasteiger partial charge in [0.05, 0.1) is 0 Å². The van der Waals surface area contributed by atoms with Crippen molar-refractivity contribution in [3.8, 4) is 0 Å². The molecule has 0 amide bonds. The summed E-state index contributed by atoms with van der Waals surface area (Å²) < 4.78 is 5.58. The molecule has 0 saturated heterocycles. The molecule has 2 aromatic rings. The summed E-state index contributed by atoms with van der Waals surface area (Å²) in [6.07, 6.45) is 0.528. The van der Waals surface area contributed by atoms with Gasteiger partial charge in [-0.05, 0) is 24.6 Å². The van der Waals surface area contributed by atoms with Gasteiger partial charge in [0.2, 0.25) is 0 Å². The molecule has 0 saturated carbocycles. The zero-order chi connectivity index (χ0) is 10.8. The van der Waals surface area contributed by atoms with Gasteiger partial charge in [0.1, 0.15) is 11.3 Å². The molecule has 0 radical (unpaired) electrons. The van der Waals surface area contributed by atoms with Gasteiger partial charge in [0.15, 0.2) is 6.29 Å². The van der Waals surface area contributed by atoms with Gasteiger partial charge in [-0.3, -0.25) is 0 Å². The molecular weight excluding hydrogens is 192 g/mol. The van der Waals surface area contributed by atoms with E-state index in [2.05, 4.69) is 6.92 Å². The molecular formula is C12H14O3. The van der Waals surface area contributed by atoms with Crippen LogP contribution in [-0.4, -0.2) is 10.2 Å². The summed E-state index contributed by atoms with van der Waals surface area (Å²) in [7, 11) is 0. The second-order valence-electron chi connectivity index (χ2n) is 3.63. The van der Waals surface area contributed by atoms with Crippen molar-refractivity contribution < 1.29 is 14.6 Å². The molecule has 1 aromatic heterocycles. The van der Waals surface area contributed by atoms with E-state index in [0.29, 0.717) is 5.56 Å². The van der Waals surface area contributed by atoms with Crippen LogP contribution in [-0.2, 0) is 6.42 Å². The first-order valence-electron chi connectivity index (χ1n) is 5.09. The maximum atomic E-state index is 9.02. The monoisotopic (exact) mass is 206 g/mol. The smallest absolute Gasteiger partial charge is 0.178 e. The van der Waals surface area contributed by atoms with Crippen molar-refractivity contribution in [2.75, 3.05) is 0 Å². The fourth-order valence-electron chi connectivity index (χ4n) is 1.65. The van der Waals surface area contributed by atoms with Crippen LogP contribution in [0.15, 0.2) is 28.7 Å². The fraction of sp³-hybridized carbons (Fsp3) is 0.333. The van der Waals surface area contributed by atoms with E-state index in [1.165, 1.54) is 0 Å². The second kappa shape index (κ2) is 4.04. The van der Waals surface area contributed by atoms with Crippen LogP contribution in [0, 0.1) is 0 Å². The summed E-state index contributed by atoms with van der Waals surface area (Å²) in [5, 5.41) is 19.0. The van der Waals surface area contributed by atoms with Gasteiger partial charge in [-0.1, -0.05) is 13.0 Å². The van der Waals surface area contributed by atoms with Crippen molar-refractivity contribution in [1.29, 1.82) is 0 Å². The van der Waals surface area contributed by atoms with Crippen LogP contribution in [0.25, 0.3) is 11.0 Å². The van der Waals surface area contributed by atoms with Gasteiger partial charge >= 0.3 is 0 Å². The number of benzene rings is 1. The molecule has 0 unspecified atom stereocenters. The summed E-state index contributed by atoms with van der Waals surface area (Å²) in [6, 6.07) is 7.11. The van der Waals surface area contributed by atoms with Crippen molar-refractivity contribution in [2.45, 2.75) is 26.1 Å². The molecule has 0 spiro atoms. The van der Waals surface area contributed by atoms with E-state index < -0.39 is 6.29 Å². The van der Waals surface area contributed by atoms with Crippen LogP contribution in [0.4, 0.5) is 0 Å². The summed E-state index contributed by atoms with van der Waals surface area (Å²) >= 11 is 0. The van der Waals surface area contributed by atoms with Gasteiger partial charge in [-0.2, -0.15) is 0 Å². The summed E-state index contributed by atoms with van der Waals surface area (Å²) in [5.74, 6) is 0.942. The third-order valence-corrected chi connectivity index (χ3v) is 2.39. The molecule has 3 heteroatoms. The third kappa shape index (κ3) is 2.03. The Hall–Kier alpha value is -1.32. The summed E-state index contributed by atoms with van der Waals surface area (Å²) in [5.41, 5.74) is 1.29. The highest BCUT2D eigenvalue weighted by molar-refractivity contribution is 5.78. The van der Waals surface area contributed by atoms with E-state index in [9.17, 15) is 0 Å². The van der Waals surface area contributed by atoms with E-state index in [1.54, 1.807) is 18.2 Å². The van der Waals surface area contributed by atoms with Crippen molar-refractivity contribution in [1.82, 2.24) is 0 Å². The molecule has 0 bridgehead atoms. The van der Waals surface area contributed by atoms with Crippen LogP contribution >= 0.6 is 0 Å². The Morgan fingerprint density at radius 1 is 1.27 bits per heavy atom. The fourth-order valence-corrected chi connectivity index (χ4v) is 1.65. The van der Waals surface area contributed by atoms with Crippen LogP contribution in [0.3, 0.4) is 0 Å². The van der Waals surface area contributed by atoms with Crippen molar-refractivity contribution in [3.63, 3.8) is 0 Å². The van der Waals surface area contributed by atoms with Crippen LogP contribution in [0.2, 0.25) is 0 Å². The Morgan fingerprint density at radius 3 is 2.73 bits per heavy atom. The highest BCUT2D eigenvalue weighted by Gasteiger charge is 2.07. The van der Waals surface area contributed by atoms with E-state index >= 15 is 0 Å². The molecule has 1 heterocycles. The number of aryl methyl sites for hydroxylation is 1. The van der Waals surface area contributed by atoms with Gasteiger partial charge in [-0.25, -0.2) is 0 Å². The lowest BCUT2D eigenvalue weighted by Crippen LogP contribution is -1.93. The Labute approximate surface area is 88.0 Å². The first-order valence-corrected chi connectivity index (χ1v) is 5.09. The Balaban J connectivity index is 2.43. The lowest BCUT2D eigenvalue weighted by Gasteiger charge is -2.01. The van der Waals surface area contributed by atoms with Crippen LogP contribution < -0.4 is 0 Å². The number of aliphatic hydroxyl groups excluding tert-OH is 1. The first kappa shape index (κ1) is 10.2. The highest BCUT2D eigenvalue weighted by Crippen LogP contribution is 2.23. The number of fused-ring (bicyclic) bond motifs is 1. The van der Waals surface area contributed by atoms with Crippen molar-refractivity contribution in [2.24, 2.45) is 0 Å². The van der Waals surface area contributed by atoms with E-state index in [0.717, 1.165) is 29.6 Å². The molecule has 0 atom stereocenters. The zero-order valence-corrected chi connectivity index (χ0v) is 8.60. The number of furan rings is 1. The first-order chi connectivity index (χ1) is 7.20. The molecule has 2 N–H and O–H groups in total. The Kier molecular flexibility index (Phi) is 2.75. The van der Waals surface area contributed by atoms with Crippen LogP contribution in [0.5, 0.6) is 0 Å². The molecule has 0 aliphatic heterocycles. The minimum Gasteiger partial charge on any atom is -0.461 e. The van der Waals surface area contributed by atoms with Gasteiger partial charge in [0.25, 0.3) is 0 Å². The van der Waals surface area contributed by atoms with E-state index in [-0.39, 0.29) is 0 Å². The number of hydrogen-bond acceptors (Lipinski definition) is 3. The Morgan fingerprint density at radius 2 is 2.07 bits per heavy atom. The summed E-state index contributed by atoms with van der Waals surface area (Å²) in [4.78, 5) is 0. The minimum absolute atomic E-state index is 0.492. The van der Waals surface area contributed by atoms with E-state index in [1.807, 2.05) is 6.07 Å². The minimum atomic E-state index is -1.42. The predicted molar refractivity (Wildman–Crippen MR) is 57.4 cm³/mol. The molecule has 15 heavy (non-hydrogen) atoms. The normalized spacial score (nSPS) is 11.5. The average Bonchev–Trinajstić information content (AvgIpc) is 2.59. The maximum Gasteiger partial charge on any atom is 0.178 e. The number of aliphatic hydroxyl groups is 2.